The molecule has 1 aromatic carbocycles. The van der Waals surface area contributed by atoms with E-state index in [0.29, 0.717) is 6.07 Å². The Balaban J connectivity index is 2.97. The van der Waals surface area contributed by atoms with Gasteiger partial charge in [0.25, 0.3) is 5.69 Å². The average Bonchev–Trinajstić information content (AvgIpc) is 2.51. The number of hydrogen-bond acceptors (Lipinski definition) is 7. The molecular weight excluding hydrogens is 410 g/mol. The van der Waals surface area contributed by atoms with Crippen molar-refractivity contribution in [3.8, 4) is 0 Å². The van der Waals surface area contributed by atoms with Gasteiger partial charge in [0.1, 0.15) is 10.6 Å². The first kappa shape index (κ1) is 22.0. The maximum atomic E-state index is 12.6. The molecule has 1 aromatic rings. The molecule has 0 N–H and O–H groups in total. The molecule has 26 heavy (non-hydrogen) atoms. The number of ether oxygens (including phenoxy) is 1. The van der Waals surface area contributed by atoms with Crippen molar-refractivity contribution in [2.75, 3.05) is 18.6 Å². The van der Waals surface area contributed by atoms with Gasteiger partial charge in [0.05, 0.1) is 20.6 Å². The fourth-order valence-electron chi connectivity index (χ4n) is 1.53. The molecule has 0 bridgehead atoms. The Morgan fingerprint density at radius 1 is 1.38 bits per heavy atom. The van der Waals surface area contributed by atoms with Crippen LogP contribution in [0, 0.1) is 10.1 Å². The summed E-state index contributed by atoms with van der Waals surface area (Å²) >= 11 is 0. The largest absolute Gasteiger partial charge is 0.458 e. The van der Waals surface area contributed by atoms with Crippen LogP contribution in [-0.4, -0.2) is 54.5 Å². The summed E-state index contributed by atoms with van der Waals surface area (Å²) in [6.07, 6.45) is -3.30. The summed E-state index contributed by atoms with van der Waals surface area (Å²) < 4.78 is 87.9. The zero-order valence-corrected chi connectivity index (χ0v) is 14.5. The SMILES string of the molecule is CS(=O)(=O)c1ccc(S(=O)CC(=O)OCC(F)(F)C(F)F)c([N+](=O)[O-])c1. The standard InChI is InChI=1S/C12H11F4NO7S2/c1-26(22,23)7-2-3-9(8(4-7)17(19)20)25(21)5-10(18)24-6-12(15,16)11(13)14/h2-4,11H,5-6H2,1H3. The lowest BCUT2D eigenvalue weighted by atomic mass is 10.3. The highest BCUT2D eigenvalue weighted by molar-refractivity contribution is 7.90. The van der Waals surface area contributed by atoms with Crippen molar-refractivity contribution < 1.29 is 44.6 Å². The molecule has 0 heterocycles. The van der Waals surface area contributed by atoms with Crippen LogP contribution in [0.1, 0.15) is 0 Å². The normalized spacial score (nSPS) is 13.5. The minimum absolute atomic E-state index is 0.441. The fraction of sp³-hybridized carbons (Fsp3) is 0.417. The van der Waals surface area contributed by atoms with Gasteiger partial charge in [-0.3, -0.25) is 19.1 Å². The average molecular weight is 421 g/mol. The van der Waals surface area contributed by atoms with E-state index in [9.17, 15) is 45.1 Å². The Hall–Kier alpha value is -2.09. The molecule has 0 aliphatic rings. The zero-order valence-electron chi connectivity index (χ0n) is 12.9. The van der Waals surface area contributed by atoms with E-state index in [1.807, 2.05) is 0 Å². The van der Waals surface area contributed by atoms with Crippen LogP contribution in [0.25, 0.3) is 0 Å². The first-order valence-electron chi connectivity index (χ1n) is 6.44. The number of sulfone groups is 1. The summed E-state index contributed by atoms with van der Waals surface area (Å²) in [5.74, 6) is -7.27. The molecular formula is C12H11F4NO7S2. The van der Waals surface area contributed by atoms with E-state index in [1.54, 1.807) is 0 Å². The molecule has 14 heteroatoms. The second-order valence-electron chi connectivity index (χ2n) is 4.87. The first-order chi connectivity index (χ1) is 11.8. The number of nitro groups is 1. The highest BCUT2D eigenvalue weighted by Crippen LogP contribution is 2.27. The molecule has 1 atom stereocenters. The van der Waals surface area contributed by atoms with E-state index >= 15 is 0 Å². The minimum Gasteiger partial charge on any atom is -0.458 e. The highest BCUT2D eigenvalue weighted by atomic mass is 32.2. The summed E-state index contributed by atoms with van der Waals surface area (Å²) in [4.78, 5) is 20.3. The number of hydrogen-bond donors (Lipinski definition) is 0. The molecule has 1 rings (SSSR count). The molecule has 0 radical (unpaired) electrons. The summed E-state index contributed by atoms with van der Waals surface area (Å²) in [6.45, 7) is -1.95. The summed E-state index contributed by atoms with van der Waals surface area (Å²) in [6, 6.07) is 2.36. The third-order valence-electron chi connectivity index (χ3n) is 2.79. The predicted molar refractivity (Wildman–Crippen MR) is 79.4 cm³/mol. The molecule has 0 aliphatic carbocycles. The smallest absolute Gasteiger partial charge is 0.340 e. The number of rotatable bonds is 8. The Morgan fingerprint density at radius 2 is 1.96 bits per heavy atom. The van der Waals surface area contributed by atoms with Crippen molar-refractivity contribution in [1.82, 2.24) is 0 Å². The Morgan fingerprint density at radius 3 is 2.42 bits per heavy atom. The highest BCUT2D eigenvalue weighted by Gasteiger charge is 2.42. The van der Waals surface area contributed by atoms with Crippen LogP contribution in [0.4, 0.5) is 23.2 Å². The van der Waals surface area contributed by atoms with Gasteiger partial charge in [-0.2, -0.15) is 8.78 Å². The second kappa shape index (κ2) is 8.07. The fourth-order valence-corrected chi connectivity index (χ4v) is 3.21. The van der Waals surface area contributed by atoms with Crippen LogP contribution in [0.15, 0.2) is 28.0 Å². The maximum Gasteiger partial charge on any atom is 0.340 e. The van der Waals surface area contributed by atoms with E-state index in [0.717, 1.165) is 18.4 Å². The number of carbonyl (C=O) groups excluding carboxylic acids is 1. The quantitative estimate of drug-likeness (QED) is 0.270. The molecule has 0 saturated carbocycles. The zero-order chi connectivity index (χ0) is 20.3. The molecule has 0 fully saturated rings. The van der Waals surface area contributed by atoms with Crippen LogP contribution in [0.5, 0.6) is 0 Å². The van der Waals surface area contributed by atoms with E-state index in [1.165, 1.54) is 0 Å². The van der Waals surface area contributed by atoms with Gasteiger partial charge in [0.15, 0.2) is 16.4 Å². The van der Waals surface area contributed by atoms with Crippen LogP contribution >= 0.6 is 0 Å². The van der Waals surface area contributed by atoms with Crippen molar-refractivity contribution in [3.05, 3.63) is 28.3 Å². The Kier molecular flexibility index (Phi) is 6.82. The Bertz CT molecular complexity index is 842. The van der Waals surface area contributed by atoms with Gasteiger partial charge in [-0.1, -0.05) is 0 Å². The van der Waals surface area contributed by atoms with Crippen molar-refractivity contribution in [1.29, 1.82) is 0 Å². The van der Waals surface area contributed by atoms with Gasteiger partial charge in [-0.05, 0) is 12.1 Å². The third-order valence-corrected chi connectivity index (χ3v) is 5.24. The first-order valence-corrected chi connectivity index (χ1v) is 9.65. The maximum absolute atomic E-state index is 12.6. The van der Waals surface area contributed by atoms with E-state index in [2.05, 4.69) is 4.74 Å². The number of halogens is 4. The van der Waals surface area contributed by atoms with Gasteiger partial charge in [0.2, 0.25) is 0 Å². The van der Waals surface area contributed by atoms with Crippen molar-refractivity contribution in [3.63, 3.8) is 0 Å². The summed E-state index contributed by atoms with van der Waals surface area (Å²) in [7, 11) is -6.27. The molecule has 0 saturated heterocycles. The topological polar surface area (TPSA) is 121 Å². The lowest BCUT2D eigenvalue weighted by molar-refractivity contribution is -0.388. The van der Waals surface area contributed by atoms with E-state index < -0.39 is 71.7 Å². The molecule has 1 unspecified atom stereocenters. The van der Waals surface area contributed by atoms with E-state index in [-0.39, 0.29) is 0 Å². The van der Waals surface area contributed by atoms with Gasteiger partial charge in [-0.25, -0.2) is 17.2 Å². The molecule has 0 amide bonds. The minimum atomic E-state index is -4.60. The van der Waals surface area contributed by atoms with Gasteiger partial charge >= 0.3 is 18.3 Å². The molecule has 0 aliphatic heterocycles. The van der Waals surface area contributed by atoms with Gasteiger partial charge < -0.3 is 4.74 Å². The van der Waals surface area contributed by atoms with Gasteiger partial charge in [0, 0.05) is 12.3 Å². The van der Waals surface area contributed by atoms with Gasteiger partial charge in [-0.15, -0.1) is 0 Å². The van der Waals surface area contributed by atoms with Crippen LogP contribution in [-0.2, 0) is 30.2 Å². The number of nitrogens with zero attached hydrogens (tertiary/aromatic N) is 1. The lowest BCUT2D eigenvalue weighted by Crippen LogP contribution is -2.34. The monoisotopic (exact) mass is 421 g/mol. The summed E-state index contributed by atoms with van der Waals surface area (Å²) in [5.41, 5.74) is -0.878. The molecule has 8 nitrogen and oxygen atoms in total. The van der Waals surface area contributed by atoms with E-state index in [4.69, 9.17) is 0 Å². The van der Waals surface area contributed by atoms with Crippen LogP contribution in [0.3, 0.4) is 0 Å². The summed E-state index contributed by atoms with van der Waals surface area (Å²) in [5, 5.41) is 11.0. The number of carbonyl (C=O) groups is 1. The Labute approximate surface area is 146 Å². The number of esters is 1. The molecule has 0 spiro atoms. The van der Waals surface area contributed by atoms with Crippen molar-refractivity contribution >= 4 is 32.3 Å². The number of benzene rings is 1. The number of alkyl halides is 4. The molecule has 146 valence electrons. The third kappa shape index (κ3) is 5.72. The lowest BCUT2D eigenvalue weighted by Gasteiger charge is -2.14. The van der Waals surface area contributed by atoms with Crippen molar-refractivity contribution in [2.24, 2.45) is 0 Å². The van der Waals surface area contributed by atoms with Crippen LogP contribution in [0.2, 0.25) is 0 Å². The van der Waals surface area contributed by atoms with Crippen molar-refractivity contribution in [2.45, 2.75) is 22.1 Å². The predicted octanol–water partition coefficient (Wildman–Crippen LogP) is 1.55. The number of nitro benzene ring substituents is 1. The molecule has 0 aromatic heterocycles. The second-order valence-corrected chi connectivity index (χ2v) is 8.31. The van der Waals surface area contributed by atoms with Crippen LogP contribution < -0.4 is 0 Å².